The summed E-state index contributed by atoms with van der Waals surface area (Å²) in [6, 6.07) is 7.98. The van der Waals surface area contributed by atoms with Gasteiger partial charge in [-0.3, -0.25) is 0 Å². The van der Waals surface area contributed by atoms with Gasteiger partial charge in [-0.2, -0.15) is 0 Å². The van der Waals surface area contributed by atoms with Crippen LogP contribution in [0.5, 0.6) is 0 Å². The van der Waals surface area contributed by atoms with Crippen LogP contribution in [0.1, 0.15) is 38.0 Å². The highest BCUT2D eigenvalue weighted by Gasteiger charge is 2.13. The predicted molar refractivity (Wildman–Crippen MR) is 59.2 cm³/mol. The summed E-state index contributed by atoms with van der Waals surface area (Å²) in [5.74, 6) is 0. The topological polar surface area (TPSA) is 46.2 Å². The normalized spacial score (nSPS) is 14.1. The van der Waals surface area contributed by atoms with Crippen molar-refractivity contribution in [1.82, 2.24) is 0 Å². The van der Waals surface area contributed by atoms with E-state index in [4.69, 9.17) is 5.73 Å². The Balaban J connectivity index is 2.89. The van der Waals surface area contributed by atoms with E-state index in [-0.39, 0.29) is 12.0 Å². The number of hydrogen-bond donors (Lipinski definition) is 2. The largest absolute Gasteiger partial charge is 0.387 e. The molecule has 3 N–H and O–H groups in total. The van der Waals surface area contributed by atoms with Gasteiger partial charge in [0.15, 0.2) is 0 Å². The van der Waals surface area contributed by atoms with Gasteiger partial charge in [-0.1, -0.05) is 45.0 Å². The fourth-order valence-corrected chi connectivity index (χ4v) is 1.34. The maximum Gasteiger partial charge on any atom is 0.0912 e. The summed E-state index contributed by atoms with van der Waals surface area (Å²) in [6.45, 7) is 6.78. The van der Waals surface area contributed by atoms with Gasteiger partial charge in [0.2, 0.25) is 0 Å². The average molecular weight is 193 g/mol. The third-order valence-corrected chi connectivity index (χ3v) is 2.38. The van der Waals surface area contributed by atoms with Crippen molar-refractivity contribution in [2.24, 2.45) is 5.73 Å². The standard InChI is InChI=1S/C12H19NO/c1-12(2,3)10-6-4-9(5-7-10)11(14)8-13/h4-7,11,14H,8,13H2,1-3H3/t11-/m1/s1. The molecule has 1 aromatic carbocycles. The number of benzene rings is 1. The fraction of sp³-hybridized carbons (Fsp3) is 0.500. The van der Waals surface area contributed by atoms with Crippen LogP contribution in [0.3, 0.4) is 0 Å². The monoisotopic (exact) mass is 193 g/mol. The van der Waals surface area contributed by atoms with Crippen LogP contribution in [0.2, 0.25) is 0 Å². The molecule has 0 heterocycles. The highest BCUT2D eigenvalue weighted by molar-refractivity contribution is 5.28. The summed E-state index contributed by atoms with van der Waals surface area (Å²) >= 11 is 0. The van der Waals surface area contributed by atoms with Crippen LogP contribution in [0, 0.1) is 0 Å². The molecule has 0 radical (unpaired) electrons. The molecule has 1 aromatic rings. The molecule has 0 saturated carbocycles. The van der Waals surface area contributed by atoms with E-state index in [9.17, 15) is 5.11 Å². The van der Waals surface area contributed by atoms with E-state index in [0.717, 1.165) is 5.56 Å². The molecule has 0 saturated heterocycles. The van der Waals surface area contributed by atoms with Gasteiger partial charge in [0, 0.05) is 6.54 Å². The Bertz CT molecular complexity index is 284. The lowest BCUT2D eigenvalue weighted by molar-refractivity contribution is 0.186. The van der Waals surface area contributed by atoms with Gasteiger partial charge in [0.25, 0.3) is 0 Å². The second kappa shape index (κ2) is 4.11. The molecule has 0 aliphatic carbocycles. The van der Waals surface area contributed by atoms with E-state index in [0.29, 0.717) is 0 Å². The maximum atomic E-state index is 9.50. The summed E-state index contributed by atoms with van der Waals surface area (Å²) in [5.41, 5.74) is 7.70. The molecule has 0 bridgehead atoms. The van der Waals surface area contributed by atoms with Crippen LogP contribution in [0.25, 0.3) is 0 Å². The van der Waals surface area contributed by atoms with Crippen molar-refractivity contribution in [2.45, 2.75) is 32.3 Å². The smallest absolute Gasteiger partial charge is 0.0912 e. The molecular weight excluding hydrogens is 174 g/mol. The molecule has 0 fully saturated rings. The van der Waals surface area contributed by atoms with Gasteiger partial charge in [0.05, 0.1) is 6.10 Å². The minimum Gasteiger partial charge on any atom is -0.387 e. The van der Waals surface area contributed by atoms with E-state index in [1.807, 2.05) is 24.3 Å². The molecule has 2 heteroatoms. The van der Waals surface area contributed by atoms with Gasteiger partial charge in [-0.25, -0.2) is 0 Å². The molecule has 0 aliphatic heterocycles. The Hall–Kier alpha value is -0.860. The van der Waals surface area contributed by atoms with E-state index in [2.05, 4.69) is 20.8 Å². The molecule has 1 rings (SSSR count). The third-order valence-electron chi connectivity index (χ3n) is 2.38. The first-order valence-corrected chi connectivity index (χ1v) is 4.93. The highest BCUT2D eigenvalue weighted by Crippen LogP contribution is 2.23. The van der Waals surface area contributed by atoms with Crippen LogP contribution >= 0.6 is 0 Å². The fourth-order valence-electron chi connectivity index (χ4n) is 1.34. The van der Waals surface area contributed by atoms with Crippen molar-refractivity contribution in [2.75, 3.05) is 6.54 Å². The SMILES string of the molecule is CC(C)(C)c1ccc([C@H](O)CN)cc1. The quantitative estimate of drug-likeness (QED) is 0.754. The molecule has 1 atom stereocenters. The van der Waals surface area contributed by atoms with Gasteiger partial charge in [0.1, 0.15) is 0 Å². The van der Waals surface area contributed by atoms with Crippen molar-refractivity contribution < 1.29 is 5.11 Å². The second-order valence-corrected chi connectivity index (χ2v) is 4.62. The number of hydrogen-bond acceptors (Lipinski definition) is 2. The molecule has 0 unspecified atom stereocenters. The Morgan fingerprint density at radius 3 is 2.07 bits per heavy atom. The minimum absolute atomic E-state index is 0.159. The van der Waals surface area contributed by atoms with Gasteiger partial charge >= 0.3 is 0 Å². The van der Waals surface area contributed by atoms with Crippen LogP contribution in [0.15, 0.2) is 24.3 Å². The second-order valence-electron chi connectivity index (χ2n) is 4.62. The minimum atomic E-state index is -0.538. The Kier molecular flexibility index (Phi) is 3.29. The van der Waals surface area contributed by atoms with E-state index < -0.39 is 6.10 Å². The lowest BCUT2D eigenvalue weighted by Gasteiger charge is -2.19. The number of rotatable bonds is 2. The van der Waals surface area contributed by atoms with Gasteiger partial charge in [-0.15, -0.1) is 0 Å². The predicted octanol–water partition coefficient (Wildman–Crippen LogP) is 1.98. The van der Waals surface area contributed by atoms with E-state index in [1.54, 1.807) is 0 Å². The Morgan fingerprint density at radius 1 is 1.21 bits per heavy atom. The first-order valence-electron chi connectivity index (χ1n) is 4.93. The number of aliphatic hydroxyl groups is 1. The third kappa shape index (κ3) is 2.56. The Labute approximate surface area is 85.8 Å². The first kappa shape index (κ1) is 11.2. The maximum absolute atomic E-state index is 9.50. The lowest BCUT2D eigenvalue weighted by Crippen LogP contribution is -2.13. The number of aliphatic hydroxyl groups excluding tert-OH is 1. The van der Waals surface area contributed by atoms with Crippen molar-refractivity contribution in [3.05, 3.63) is 35.4 Å². The summed E-state index contributed by atoms with van der Waals surface area (Å²) < 4.78 is 0. The van der Waals surface area contributed by atoms with Crippen molar-refractivity contribution in [1.29, 1.82) is 0 Å². The molecule has 78 valence electrons. The molecule has 0 aromatic heterocycles. The summed E-state index contributed by atoms with van der Waals surface area (Å²) in [6.07, 6.45) is -0.538. The number of nitrogens with two attached hydrogens (primary N) is 1. The summed E-state index contributed by atoms with van der Waals surface area (Å²) in [5, 5.41) is 9.50. The average Bonchev–Trinajstić information content (AvgIpc) is 2.15. The molecule has 2 nitrogen and oxygen atoms in total. The van der Waals surface area contributed by atoms with Crippen molar-refractivity contribution in [3.8, 4) is 0 Å². The zero-order valence-electron chi connectivity index (χ0n) is 9.12. The zero-order chi connectivity index (χ0) is 10.8. The summed E-state index contributed by atoms with van der Waals surface area (Å²) in [7, 11) is 0. The lowest BCUT2D eigenvalue weighted by atomic mass is 9.86. The van der Waals surface area contributed by atoms with E-state index >= 15 is 0 Å². The van der Waals surface area contributed by atoms with Crippen LogP contribution in [0.4, 0.5) is 0 Å². The van der Waals surface area contributed by atoms with Gasteiger partial charge < -0.3 is 10.8 Å². The highest BCUT2D eigenvalue weighted by atomic mass is 16.3. The first-order chi connectivity index (χ1) is 6.45. The van der Waals surface area contributed by atoms with Crippen molar-refractivity contribution >= 4 is 0 Å². The Morgan fingerprint density at radius 2 is 1.71 bits per heavy atom. The van der Waals surface area contributed by atoms with Crippen LogP contribution in [-0.4, -0.2) is 11.7 Å². The molecule has 0 aliphatic rings. The zero-order valence-corrected chi connectivity index (χ0v) is 9.12. The van der Waals surface area contributed by atoms with E-state index in [1.165, 1.54) is 5.56 Å². The van der Waals surface area contributed by atoms with Crippen molar-refractivity contribution in [3.63, 3.8) is 0 Å². The van der Waals surface area contributed by atoms with Gasteiger partial charge in [-0.05, 0) is 16.5 Å². The van der Waals surface area contributed by atoms with Crippen LogP contribution in [-0.2, 0) is 5.41 Å². The molecule has 14 heavy (non-hydrogen) atoms. The molecular formula is C12H19NO. The molecule has 0 amide bonds. The van der Waals surface area contributed by atoms with Crippen LogP contribution < -0.4 is 5.73 Å². The molecule has 0 spiro atoms. The summed E-state index contributed by atoms with van der Waals surface area (Å²) in [4.78, 5) is 0.